The van der Waals surface area contributed by atoms with E-state index in [1.807, 2.05) is 18.2 Å². The maximum atomic E-state index is 13.0. The van der Waals surface area contributed by atoms with Crippen LogP contribution in [-0.2, 0) is 6.42 Å². The average Bonchev–Trinajstić information content (AvgIpc) is 2.79. The molecule has 0 saturated carbocycles. The molecule has 7 nitrogen and oxygen atoms in total. The maximum absolute atomic E-state index is 13.0. The highest BCUT2D eigenvalue weighted by molar-refractivity contribution is 5.79. The van der Waals surface area contributed by atoms with Crippen molar-refractivity contribution < 1.29 is 4.39 Å². The van der Waals surface area contributed by atoms with Gasteiger partial charge in [-0.2, -0.15) is 0 Å². The van der Waals surface area contributed by atoms with E-state index in [9.17, 15) is 4.39 Å². The standard InChI is InChI=1S/C22H32FN7/c1-2-24-21(26-13-9-19-5-7-20(23)8-6-19)25-12-4-14-29-15-17-30(18-16-29)22-27-10-3-11-28-22/h3,5-8,10-11H,2,4,9,12-18H2,1H3,(H2,24,25,26). The Kier molecular flexibility index (Phi) is 8.83. The van der Waals surface area contributed by atoms with E-state index in [2.05, 4.69) is 42.3 Å². The van der Waals surface area contributed by atoms with E-state index < -0.39 is 0 Å². The third kappa shape index (κ3) is 7.26. The van der Waals surface area contributed by atoms with Gasteiger partial charge in [0.25, 0.3) is 0 Å². The summed E-state index contributed by atoms with van der Waals surface area (Å²) in [5.74, 6) is 1.46. The number of hydrogen-bond donors (Lipinski definition) is 2. The molecule has 0 unspecified atom stereocenters. The molecular formula is C22H32FN7. The van der Waals surface area contributed by atoms with Crippen molar-refractivity contribution in [2.24, 2.45) is 4.99 Å². The van der Waals surface area contributed by atoms with Crippen molar-refractivity contribution >= 4 is 11.9 Å². The highest BCUT2D eigenvalue weighted by atomic mass is 19.1. The number of aromatic nitrogens is 2. The van der Waals surface area contributed by atoms with Crippen LogP contribution in [-0.4, -0.2) is 73.2 Å². The molecule has 0 radical (unpaired) electrons. The Morgan fingerprint density at radius 3 is 2.50 bits per heavy atom. The van der Waals surface area contributed by atoms with Gasteiger partial charge in [-0.15, -0.1) is 0 Å². The highest BCUT2D eigenvalue weighted by Gasteiger charge is 2.18. The Balaban J connectivity index is 1.33. The first-order valence-electron chi connectivity index (χ1n) is 10.8. The number of nitrogens with one attached hydrogen (secondary N) is 2. The van der Waals surface area contributed by atoms with Crippen molar-refractivity contribution in [3.8, 4) is 0 Å². The molecule has 1 fully saturated rings. The number of nitrogens with zero attached hydrogens (tertiary/aromatic N) is 5. The first kappa shape index (κ1) is 22.0. The van der Waals surface area contributed by atoms with Gasteiger partial charge in [0.05, 0.1) is 0 Å². The first-order chi connectivity index (χ1) is 14.7. The van der Waals surface area contributed by atoms with Gasteiger partial charge >= 0.3 is 0 Å². The molecule has 0 amide bonds. The fourth-order valence-electron chi connectivity index (χ4n) is 3.43. The third-order valence-corrected chi connectivity index (χ3v) is 5.07. The average molecular weight is 414 g/mol. The topological polar surface area (TPSA) is 68.7 Å². The van der Waals surface area contributed by atoms with Crippen LogP contribution in [0.25, 0.3) is 0 Å². The lowest BCUT2D eigenvalue weighted by Gasteiger charge is -2.34. The number of guanidine groups is 1. The van der Waals surface area contributed by atoms with Crippen molar-refractivity contribution in [3.63, 3.8) is 0 Å². The lowest BCUT2D eigenvalue weighted by Crippen LogP contribution is -2.47. The molecule has 2 heterocycles. The van der Waals surface area contributed by atoms with Gasteiger partial charge < -0.3 is 15.5 Å². The van der Waals surface area contributed by atoms with Crippen LogP contribution in [0.4, 0.5) is 10.3 Å². The highest BCUT2D eigenvalue weighted by Crippen LogP contribution is 2.09. The van der Waals surface area contributed by atoms with Gasteiger partial charge in [0, 0.05) is 64.8 Å². The van der Waals surface area contributed by atoms with Gasteiger partial charge in [-0.3, -0.25) is 9.89 Å². The molecular weight excluding hydrogens is 381 g/mol. The van der Waals surface area contributed by atoms with Gasteiger partial charge in [0.1, 0.15) is 5.82 Å². The predicted molar refractivity (Wildman–Crippen MR) is 119 cm³/mol. The minimum absolute atomic E-state index is 0.198. The lowest BCUT2D eigenvalue weighted by atomic mass is 10.1. The molecule has 30 heavy (non-hydrogen) atoms. The second-order valence-corrected chi connectivity index (χ2v) is 7.29. The Labute approximate surface area is 178 Å². The van der Waals surface area contributed by atoms with Crippen LogP contribution >= 0.6 is 0 Å². The van der Waals surface area contributed by atoms with Gasteiger partial charge in [0.15, 0.2) is 5.96 Å². The minimum atomic E-state index is -0.198. The first-order valence-corrected chi connectivity index (χ1v) is 10.8. The second kappa shape index (κ2) is 12.1. The largest absolute Gasteiger partial charge is 0.357 e. The van der Waals surface area contributed by atoms with E-state index in [4.69, 9.17) is 0 Å². The van der Waals surface area contributed by atoms with Crippen LogP contribution in [0.15, 0.2) is 47.7 Å². The summed E-state index contributed by atoms with van der Waals surface area (Å²) < 4.78 is 13.0. The summed E-state index contributed by atoms with van der Waals surface area (Å²) >= 11 is 0. The van der Waals surface area contributed by atoms with Crippen molar-refractivity contribution in [1.82, 2.24) is 25.5 Å². The molecule has 1 aliphatic heterocycles. The minimum Gasteiger partial charge on any atom is -0.357 e. The molecule has 1 aliphatic rings. The Hall–Kier alpha value is -2.74. The van der Waals surface area contributed by atoms with Crippen LogP contribution in [0.3, 0.4) is 0 Å². The fraction of sp³-hybridized carbons (Fsp3) is 0.500. The van der Waals surface area contributed by atoms with Gasteiger partial charge in [-0.1, -0.05) is 12.1 Å². The Morgan fingerprint density at radius 1 is 1.07 bits per heavy atom. The zero-order valence-corrected chi connectivity index (χ0v) is 17.7. The molecule has 162 valence electrons. The zero-order valence-electron chi connectivity index (χ0n) is 17.7. The molecule has 0 bridgehead atoms. The molecule has 3 rings (SSSR count). The molecule has 0 spiro atoms. The third-order valence-electron chi connectivity index (χ3n) is 5.07. The van der Waals surface area contributed by atoms with Crippen molar-refractivity contribution in [3.05, 3.63) is 54.1 Å². The predicted octanol–water partition coefficient (Wildman–Crippen LogP) is 1.93. The van der Waals surface area contributed by atoms with E-state index in [0.717, 1.165) is 82.7 Å². The molecule has 1 saturated heterocycles. The van der Waals surface area contributed by atoms with Crippen LogP contribution in [0, 0.1) is 5.82 Å². The summed E-state index contributed by atoms with van der Waals surface area (Å²) in [7, 11) is 0. The second-order valence-electron chi connectivity index (χ2n) is 7.29. The summed E-state index contributed by atoms with van der Waals surface area (Å²) in [5.41, 5.74) is 1.11. The van der Waals surface area contributed by atoms with Crippen LogP contribution < -0.4 is 15.5 Å². The summed E-state index contributed by atoms with van der Waals surface area (Å²) in [6.07, 6.45) is 5.45. The van der Waals surface area contributed by atoms with E-state index in [0.29, 0.717) is 0 Å². The molecule has 2 aromatic rings. The Bertz CT molecular complexity index is 759. The van der Waals surface area contributed by atoms with Crippen LogP contribution in [0.1, 0.15) is 18.9 Å². The summed E-state index contributed by atoms with van der Waals surface area (Å²) in [6.45, 7) is 9.45. The van der Waals surface area contributed by atoms with E-state index >= 15 is 0 Å². The molecule has 1 aromatic heterocycles. The summed E-state index contributed by atoms with van der Waals surface area (Å²) in [4.78, 5) is 18.1. The van der Waals surface area contributed by atoms with Crippen LogP contribution in [0.5, 0.6) is 0 Å². The molecule has 0 aliphatic carbocycles. The molecule has 8 heteroatoms. The van der Waals surface area contributed by atoms with Crippen molar-refractivity contribution in [1.29, 1.82) is 0 Å². The van der Waals surface area contributed by atoms with Crippen molar-refractivity contribution in [2.75, 3.05) is 57.3 Å². The normalized spacial score (nSPS) is 15.3. The van der Waals surface area contributed by atoms with E-state index in [1.165, 1.54) is 12.1 Å². The number of rotatable bonds is 9. The molecule has 1 aromatic carbocycles. The number of aliphatic imine (C=N–C) groups is 1. The number of anilines is 1. The SMILES string of the molecule is CCNC(=NCCCN1CCN(c2ncccn2)CC1)NCCc1ccc(F)cc1. The quantitative estimate of drug-likeness (QED) is 0.372. The van der Waals surface area contributed by atoms with Gasteiger partial charge in [-0.25, -0.2) is 14.4 Å². The van der Waals surface area contributed by atoms with E-state index in [1.54, 1.807) is 12.4 Å². The number of halogens is 1. The maximum Gasteiger partial charge on any atom is 0.225 e. The summed E-state index contributed by atoms with van der Waals surface area (Å²) in [6, 6.07) is 8.50. The monoisotopic (exact) mass is 413 g/mol. The number of piperazine rings is 1. The Morgan fingerprint density at radius 2 is 1.80 bits per heavy atom. The fourth-order valence-corrected chi connectivity index (χ4v) is 3.43. The smallest absolute Gasteiger partial charge is 0.225 e. The van der Waals surface area contributed by atoms with E-state index in [-0.39, 0.29) is 5.82 Å². The number of benzene rings is 1. The summed E-state index contributed by atoms with van der Waals surface area (Å²) in [5, 5.41) is 6.64. The van der Waals surface area contributed by atoms with Crippen LogP contribution in [0.2, 0.25) is 0 Å². The zero-order chi connectivity index (χ0) is 21.0. The van der Waals surface area contributed by atoms with Gasteiger partial charge in [0.2, 0.25) is 5.95 Å². The van der Waals surface area contributed by atoms with Gasteiger partial charge in [-0.05, 0) is 43.5 Å². The lowest BCUT2D eigenvalue weighted by molar-refractivity contribution is 0.255. The molecule has 0 atom stereocenters. The molecule has 2 N–H and O–H groups in total. The number of hydrogen-bond acceptors (Lipinski definition) is 5. The van der Waals surface area contributed by atoms with Crippen molar-refractivity contribution in [2.45, 2.75) is 19.8 Å².